The number of benzene rings is 2. The number of hydrogen-bond acceptors (Lipinski definition) is 3. The van der Waals surface area contributed by atoms with Gasteiger partial charge in [0.25, 0.3) is 5.91 Å². The molecule has 0 spiro atoms. The number of aromatic nitrogens is 1. The first-order valence-corrected chi connectivity index (χ1v) is 10.1. The molecule has 0 radical (unpaired) electrons. The van der Waals surface area contributed by atoms with Crippen LogP contribution in [0.5, 0.6) is 5.75 Å². The molecule has 8 heteroatoms. The van der Waals surface area contributed by atoms with Gasteiger partial charge >= 0.3 is 6.18 Å². The minimum atomic E-state index is -4.53. The lowest BCUT2D eigenvalue weighted by Crippen LogP contribution is -2.15. The van der Waals surface area contributed by atoms with Crippen LogP contribution < -0.4 is 10.1 Å². The standard InChI is InChI=1S/C23H23F3N2O3/c1-30-10-11-31-21-9-7-15(23(24,25)26)13-20(21)28-22(29)14-6-8-19-17(12-14)16-4-2-3-5-18(16)27-19/h6-9,12-13,27H,2-5,10-11H2,1H3,(H,28,29). The summed E-state index contributed by atoms with van der Waals surface area (Å²) in [6.45, 7) is 0.413. The molecular formula is C23H23F3N2O3. The topological polar surface area (TPSA) is 63.4 Å². The highest BCUT2D eigenvalue weighted by molar-refractivity contribution is 6.07. The van der Waals surface area contributed by atoms with Gasteiger partial charge in [0.1, 0.15) is 12.4 Å². The molecule has 2 N–H and O–H groups in total. The predicted molar refractivity (Wildman–Crippen MR) is 112 cm³/mol. The predicted octanol–water partition coefficient (Wildman–Crippen LogP) is 5.34. The van der Waals surface area contributed by atoms with Gasteiger partial charge in [-0.05, 0) is 67.6 Å². The van der Waals surface area contributed by atoms with E-state index in [1.54, 1.807) is 12.1 Å². The SMILES string of the molecule is COCCOc1ccc(C(F)(F)F)cc1NC(=O)c1ccc2[nH]c3c(c2c1)CCCC3. The Hall–Kier alpha value is -3.00. The summed E-state index contributed by atoms with van der Waals surface area (Å²) < 4.78 is 50.0. The number of halogens is 3. The zero-order valence-electron chi connectivity index (χ0n) is 17.1. The van der Waals surface area contributed by atoms with Crippen LogP contribution in [-0.4, -0.2) is 31.2 Å². The van der Waals surface area contributed by atoms with Crippen molar-refractivity contribution in [1.82, 2.24) is 4.98 Å². The molecule has 0 atom stereocenters. The molecule has 1 aliphatic rings. The van der Waals surface area contributed by atoms with Crippen LogP contribution in [0.25, 0.3) is 10.9 Å². The number of anilines is 1. The van der Waals surface area contributed by atoms with Crippen molar-refractivity contribution in [1.29, 1.82) is 0 Å². The van der Waals surface area contributed by atoms with Crippen LogP contribution in [0.4, 0.5) is 18.9 Å². The summed E-state index contributed by atoms with van der Waals surface area (Å²) in [7, 11) is 1.49. The van der Waals surface area contributed by atoms with Crippen molar-refractivity contribution in [3.8, 4) is 5.75 Å². The molecule has 0 saturated carbocycles. The minimum absolute atomic E-state index is 0.0351. The molecule has 1 aliphatic carbocycles. The maximum absolute atomic E-state index is 13.2. The van der Waals surface area contributed by atoms with Crippen LogP contribution in [0.1, 0.15) is 40.0 Å². The molecule has 31 heavy (non-hydrogen) atoms. The van der Waals surface area contributed by atoms with Crippen molar-refractivity contribution in [3.63, 3.8) is 0 Å². The number of methoxy groups -OCH3 is 1. The number of carbonyl (C=O) groups excluding carboxylic acids is 1. The summed E-state index contributed by atoms with van der Waals surface area (Å²) in [6, 6.07) is 8.32. The summed E-state index contributed by atoms with van der Waals surface area (Å²) >= 11 is 0. The van der Waals surface area contributed by atoms with Gasteiger partial charge in [-0.3, -0.25) is 4.79 Å². The molecule has 4 rings (SSSR count). The van der Waals surface area contributed by atoms with E-state index in [4.69, 9.17) is 9.47 Å². The number of aryl methyl sites for hydroxylation is 2. The molecule has 1 heterocycles. The van der Waals surface area contributed by atoms with E-state index in [-0.39, 0.29) is 24.7 Å². The van der Waals surface area contributed by atoms with Crippen LogP contribution in [0.15, 0.2) is 36.4 Å². The lowest BCUT2D eigenvalue weighted by Gasteiger charge is -2.15. The fourth-order valence-electron chi connectivity index (χ4n) is 3.91. The molecule has 0 fully saturated rings. The van der Waals surface area contributed by atoms with E-state index in [0.717, 1.165) is 48.7 Å². The van der Waals surface area contributed by atoms with Crippen molar-refractivity contribution in [2.45, 2.75) is 31.9 Å². The summed E-state index contributed by atoms with van der Waals surface area (Å²) in [5.41, 5.74) is 2.86. The summed E-state index contributed by atoms with van der Waals surface area (Å²) in [5.74, 6) is -0.345. The van der Waals surface area contributed by atoms with E-state index in [0.29, 0.717) is 5.56 Å². The first-order chi connectivity index (χ1) is 14.9. The maximum atomic E-state index is 13.2. The van der Waals surface area contributed by atoms with Crippen molar-refractivity contribution in [2.75, 3.05) is 25.6 Å². The van der Waals surface area contributed by atoms with Crippen LogP contribution >= 0.6 is 0 Å². The van der Waals surface area contributed by atoms with Crippen LogP contribution in [-0.2, 0) is 23.8 Å². The Kier molecular flexibility index (Phi) is 5.91. The third kappa shape index (κ3) is 4.54. The average molecular weight is 432 g/mol. The molecule has 1 aromatic heterocycles. The third-order valence-electron chi connectivity index (χ3n) is 5.46. The van der Waals surface area contributed by atoms with Crippen molar-refractivity contribution in [3.05, 3.63) is 58.8 Å². The van der Waals surface area contributed by atoms with Gasteiger partial charge in [0, 0.05) is 29.3 Å². The van der Waals surface area contributed by atoms with Crippen LogP contribution in [0.2, 0.25) is 0 Å². The van der Waals surface area contributed by atoms with Crippen LogP contribution in [0, 0.1) is 0 Å². The summed E-state index contributed by atoms with van der Waals surface area (Å²) in [6.07, 6.45) is -0.367. The quantitative estimate of drug-likeness (QED) is 0.517. The van der Waals surface area contributed by atoms with E-state index >= 15 is 0 Å². The molecule has 5 nitrogen and oxygen atoms in total. The second kappa shape index (κ2) is 8.63. The van der Waals surface area contributed by atoms with Gasteiger partial charge < -0.3 is 19.8 Å². The van der Waals surface area contributed by atoms with Gasteiger partial charge in [0.15, 0.2) is 0 Å². The number of rotatable bonds is 6. The van der Waals surface area contributed by atoms with Crippen molar-refractivity contribution >= 4 is 22.5 Å². The molecule has 1 amide bonds. The minimum Gasteiger partial charge on any atom is -0.489 e. The zero-order chi connectivity index (χ0) is 22.0. The molecule has 164 valence electrons. The number of carbonyl (C=O) groups is 1. The van der Waals surface area contributed by atoms with Gasteiger partial charge in [0.05, 0.1) is 17.9 Å². The summed E-state index contributed by atoms with van der Waals surface area (Å²) in [5, 5.41) is 3.58. The Labute approximate surface area is 177 Å². The van der Waals surface area contributed by atoms with Gasteiger partial charge in [-0.15, -0.1) is 0 Å². The number of hydrogen-bond donors (Lipinski definition) is 2. The maximum Gasteiger partial charge on any atom is 0.416 e. The molecule has 3 aromatic rings. The summed E-state index contributed by atoms with van der Waals surface area (Å²) in [4.78, 5) is 16.3. The van der Waals surface area contributed by atoms with Gasteiger partial charge in [-0.2, -0.15) is 13.2 Å². The average Bonchev–Trinajstić information content (AvgIpc) is 3.12. The van der Waals surface area contributed by atoms with Gasteiger partial charge in [-0.1, -0.05) is 0 Å². The van der Waals surface area contributed by atoms with E-state index in [2.05, 4.69) is 10.3 Å². The normalized spacial score (nSPS) is 13.8. The largest absolute Gasteiger partial charge is 0.489 e. The number of aromatic amines is 1. The van der Waals surface area contributed by atoms with E-state index in [1.807, 2.05) is 6.07 Å². The van der Waals surface area contributed by atoms with E-state index < -0.39 is 17.6 Å². The highest BCUT2D eigenvalue weighted by Crippen LogP contribution is 2.36. The number of nitrogens with one attached hydrogen (secondary N) is 2. The Balaban J connectivity index is 1.63. The molecule has 0 unspecified atom stereocenters. The third-order valence-corrected chi connectivity index (χ3v) is 5.46. The number of H-pyrrole nitrogens is 1. The van der Waals surface area contributed by atoms with E-state index in [9.17, 15) is 18.0 Å². The number of fused-ring (bicyclic) bond motifs is 3. The Morgan fingerprint density at radius 1 is 1.10 bits per heavy atom. The monoisotopic (exact) mass is 432 g/mol. The zero-order valence-corrected chi connectivity index (χ0v) is 17.1. The Morgan fingerprint density at radius 2 is 1.90 bits per heavy atom. The number of amides is 1. The number of ether oxygens (including phenoxy) is 2. The highest BCUT2D eigenvalue weighted by atomic mass is 19.4. The molecule has 2 aromatic carbocycles. The second-order valence-corrected chi connectivity index (χ2v) is 7.55. The second-order valence-electron chi connectivity index (χ2n) is 7.55. The first-order valence-electron chi connectivity index (χ1n) is 10.1. The van der Waals surface area contributed by atoms with Crippen molar-refractivity contribution in [2.24, 2.45) is 0 Å². The first kappa shape index (κ1) is 21.2. The van der Waals surface area contributed by atoms with Crippen LogP contribution in [0.3, 0.4) is 0 Å². The Bertz CT molecular complexity index is 1110. The fraction of sp³-hybridized carbons (Fsp3) is 0.348. The van der Waals surface area contributed by atoms with E-state index in [1.165, 1.54) is 24.4 Å². The highest BCUT2D eigenvalue weighted by Gasteiger charge is 2.31. The molecular weight excluding hydrogens is 409 g/mol. The lowest BCUT2D eigenvalue weighted by molar-refractivity contribution is -0.137. The van der Waals surface area contributed by atoms with Crippen molar-refractivity contribution < 1.29 is 27.4 Å². The fourth-order valence-corrected chi connectivity index (χ4v) is 3.91. The smallest absolute Gasteiger partial charge is 0.416 e. The van der Waals surface area contributed by atoms with Gasteiger partial charge in [0.2, 0.25) is 0 Å². The van der Waals surface area contributed by atoms with Gasteiger partial charge in [-0.25, -0.2) is 0 Å². The lowest BCUT2D eigenvalue weighted by atomic mass is 9.95. The number of alkyl halides is 3. The molecule has 0 aliphatic heterocycles. The molecule has 0 bridgehead atoms. The Morgan fingerprint density at radius 3 is 2.68 bits per heavy atom. The molecule has 0 saturated heterocycles.